The van der Waals surface area contributed by atoms with E-state index in [4.69, 9.17) is 14.0 Å². The molecular formula is C22H30N2O13P2. The van der Waals surface area contributed by atoms with Crippen molar-refractivity contribution in [3.63, 3.8) is 0 Å². The summed E-state index contributed by atoms with van der Waals surface area (Å²) in [5, 5.41) is 10.8. The van der Waals surface area contributed by atoms with Crippen LogP contribution in [0, 0.1) is 0 Å². The fraction of sp³-hybridized carbons (Fsp3) is 0.500. The third kappa shape index (κ3) is 9.04. The first kappa shape index (κ1) is 31.1. The molecule has 1 saturated heterocycles. The van der Waals surface area contributed by atoms with Crippen LogP contribution < -0.4 is 11.2 Å². The van der Waals surface area contributed by atoms with Gasteiger partial charge in [-0.2, -0.15) is 4.31 Å². The minimum Gasteiger partial charge on any atom is -0.451 e. The number of nitrogens with one attached hydrogen (secondary N) is 1. The van der Waals surface area contributed by atoms with Crippen LogP contribution in [-0.2, 0) is 32.0 Å². The number of esters is 1. The highest BCUT2D eigenvalue weighted by atomic mass is 31.3. The molecule has 2 heterocycles. The van der Waals surface area contributed by atoms with Gasteiger partial charge in [0.15, 0.2) is 12.3 Å². The third-order valence-corrected chi connectivity index (χ3v) is 8.19. The number of nitrogens with zero attached hydrogens (tertiary/aromatic N) is 1. The van der Waals surface area contributed by atoms with E-state index in [0.717, 1.165) is 36.1 Å². The van der Waals surface area contributed by atoms with Gasteiger partial charge in [0.2, 0.25) is 0 Å². The number of unbranched alkanes of at least 4 members (excludes halogenated alkanes) is 3. The van der Waals surface area contributed by atoms with E-state index in [9.17, 15) is 38.4 Å². The third-order valence-electron chi connectivity index (χ3n) is 5.55. The normalized spacial score (nSPS) is 24.1. The molecule has 0 aliphatic carbocycles. The summed E-state index contributed by atoms with van der Waals surface area (Å²) in [4.78, 5) is 58.2. The SMILES string of the molecule is CCCCCCOP(=O)(O)OP(=O)(O)OC[C@H]1O[C@@H](n2ccc(=O)[nH]c2=O)C(OC(=O)c2ccccc2)[C@H]1O. The minimum absolute atomic E-state index is 0.124. The van der Waals surface area contributed by atoms with Gasteiger partial charge < -0.3 is 24.4 Å². The van der Waals surface area contributed by atoms with Gasteiger partial charge in [-0.1, -0.05) is 44.4 Å². The Morgan fingerprint density at radius 1 is 1.05 bits per heavy atom. The fourth-order valence-corrected chi connectivity index (χ4v) is 5.77. The minimum atomic E-state index is -5.21. The molecule has 0 radical (unpaired) electrons. The predicted molar refractivity (Wildman–Crippen MR) is 134 cm³/mol. The number of aliphatic hydroxyl groups is 1. The zero-order valence-corrected chi connectivity index (χ0v) is 22.6. The monoisotopic (exact) mass is 592 g/mol. The number of ether oxygens (including phenoxy) is 2. The number of aromatic nitrogens is 2. The van der Waals surface area contributed by atoms with Crippen LogP contribution in [-0.4, -0.2) is 61.9 Å². The van der Waals surface area contributed by atoms with Gasteiger partial charge in [0.1, 0.15) is 12.2 Å². The highest BCUT2D eigenvalue weighted by molar-refractivity contribution is 7.61. The van der Waals surface area contributed by atoms with Crippen molar-refractivity contribution >= 4 is 21.6 Å². The number of phosphoric ester groups is 2. The summed E-state index contributed by atoms with van der Waals surface area (Å²) in [6.07, 6.45) is -2.23. The van der Waals surface area contributed by atoms with Crippen molar-refractivity contribution in [3.8, 4) is 0 Å². The van der Waals surface area contributed by atoms with Crippen molar-refractivity contribution in [1.82, 2.24) is 9.55 Å². The average Bonchev–Trinajstić information content (AvgIpc) is 3.17. The molecule has 0 amide bonds. The first-order valence-electron chi connectivity index (χ1n) is 12.0. The number of phosphoric acid groups is 2. The molecule has 0 spiro atoms. The Balaban J connectivity index is 1.71. The van der Waals surface area contributed by atoms with Gasteiger partial charge in [-0.05, 0) is 18.6 Å². The second-order valence-electron chi connectivity index (χ2n) is 8.52. The predicted octanol–water partition coefficient (Wildman–Crippen LogP) is 1.85. The van der Waals surface area contributed by atoms with Gasteiger partial charge >= 0.3 is 27.3 Å². The van der Waals surface area contributed by atoms with E-state index in [0.29, 0.717) is 6.42 Å². The lowest BCUT2D eigenvalue weighted by molar-refractivity contribution is -0.0597. The number of hydrogen-bond acceptors (Lipinski definition) is 11. The molecule has 0 bridgehead atoms. The van der Waals surface area contributed by atoms with Crippen LogP contribution >= 0.6 is 15.6 Å². The summed E-state index contributed by atoms with van der Waals surface area (Å²) in [7, 11) is -10.2. The fourth-order valence-electron chi connectivity index (χ4n) is 3.65. The van der Waals surface area contributed by atoms with E-state index in [-0.39, 0.29) is 12.2 Å². The molecule has 1 fully saturated rings. The van der Waals surface area contributed by atoms with Crippen LogP contribution in [0.4, 0.5) is 0 Å². The molecule has 4 N–H and O–H groups in total. The zero-order valence-electron chi connectivity index (χ0n) is 20.9. The van der Waals surface area contributed by atoms with E-state index in [1.807, 2.05) is 11.9 Å². The summed E-state index contributed by atoms with van der Waals surface area (Å²) < 4.78 is 49.9. The van der Waals surface area contributed by atoms with Gasteiger partial charge in [-0.25, -0.2) is 18.7 Å². The molecule has 3 rings (SSSR count). The van der Waals surface area contributed by atoms with Crippen LogP contribution in [0.3, 0.4) is 0 Å². The molecule has 1 aliphatic heterocycles. The van der Waals surface area contributed by atoms with Gasteiger partial charge in [-0.15, -0.1) is 0 Å². The number of carbonyl (C=O) groups is 1. The molecular weight excluding hydrogens is 562 g/mol. The summed E-state index contributed by atoms with van der Waals surface area (Å²) in [6.45, 7) is 0.892. The summed E-state index contributed by atoms with van der Waals surface area (Å²) in [5.74, 6) is -0.874. The molecule has 0 saturated carbocycles. The van der Waals surface area contributed by atoms with Crippen LogP contribution in [0.1, 0.15) is 49.2 Å². The Morgan fingerprint density at radius 2 is 1.74 bits per heavy atom. The van der Waals surface area contributed by atoms with Gasteiger partial charge in [0.25, 0.3) is 5.56 Å². The van der Waals surface area contributed by atoms with Crippen molar-refractivity contribution in [2.75, 3.05) is 13.2 Å². The van der Waals surface area contributed by atoms with Crippen molar-refractivity contribution in [1.29, 1.82) is 0 Å². The van der Waals surface area contributed by atoms with E-state index in [2.05, 4.69) is 8.83 Å². The van der Waals surface area contributed by atoms with E-state index < -0.39 is 64.0 Å². The number of rotatable bonds is 14. The lowest BCUT2D eigenvalue weighted by Gasteiger charge is -2.22. The number of aliphatic hydroxyl groups excluding tert-OH is 1. The highest BCUT2D eigenvalue weighted by Gasteiger charge is 2.49. The number of benzene rings is 1. The van der Waals surface area contributed by atoms with Crippen molar-refractivity contribution in [3.05, 3.63) is 69.0 Å². The Hall–Kier alpha value is -2.45. The van der Waals surface area contributed by atoms with Crippen LogP contribution in [0.25, 0.3) is 0 Å². The molecule has 1 aliphatic rings. The molecule has 1 aromatic carbocycles. The Bertz CT molecular complexity index is 1310. The Morgan fingerprint density at radius 3 is 2.41 bits per heavy atom. The Labute approximate surface area is 222 Å². The maximum absolute atomic E-state index is 12.6. The number of hydrogen-bond donors (Lipinski definition) is 4. The number of H-pyrrole nitrogens is 1. The second-order valence-corrected chi connectivity index (χ2v) is 11.6. The molecule has 39 heavy (non-hydrogen) atoms. The molecule has 15 nitrogen and oxygen atoms in total. The summed E-state index contributed by atoms with van der Waals surface area (Å²) in [6, 6.07) is 8.71. The van der Waals surface area contributed by atoms with Gasteiger partial charge in [0, 0.05) is 12.3 Å². The van der Waals surface area contributed by atoms with Crippen LogP contribution in [0.2, 0.25) is 0 Å². The largest absolute Gasteiger partial charge is 0.481 e. The zero-order chi connectivity index (χ0) is 28.6. The second kappa shape index (κ2) is 13.8. The molecule has 216 valence electrons. The molecule has 3 unspecified atom stereocenters. The van der Waals surface area contributed by atoms with E-state index >= 15 is 0 Å². The van der Waals surface area contributed by atoms with E-state index in [1.165, 1.54) is 12.1 Å². The lowest BCUT2D eigenvalue weighted by Crippen LogP contribution is -2.40. The maximum Gasteiger partial charge on any atom is 0.481 e. The lowest BCUT2D eigenvalue weighted by atomic mass is 10.1. The molecule has 6 atom stereocenters. The van der Waals surface area contributed by atoms with Crippen LogP contribution in [0.15, 0.2) is 52.2 Å². The van der Waals surface area contributed by atoms with Crippen LogP contribution in [0.5, 0.6) is 0 Å². The quantitative estimate of drug-likeness (QED) is 0.140. The average molecular weight is 592 g/mol. The summed E-state index contributed by atoms with van der Waals surface area (Å²) in [5.41, 5.74) is -1.54. The number of carbonyl (C=O) groups excluding carboxylic acids is 1. The molecule has 2 aromatic rings. The van der Waals surface area contributed by atoms with Gasteiger partial charge in [0.05, 0.1) is 18.8 Å². The molecule has 17 heteroatoms. The van der Waals surface area contributed by atoms with E-state index in [1.54, 1.807) is 18.2 Å². The van der Waals surface area contributed by atoms with Crippen molar-refractivity contribution in [2.24, 2.45) is 0 Å². The molecule has 1 aromatic heterocycles. The van der Waals surface area contributed by atoms with Gasteiger partial charge in [-0.3, -0.25) is 23.4 Å². The first-order valence-corrected chi connectivity index (χ1v) is 15.0. The highest BCUT2D eigenvalue weighted by Crippen LogP contribution is 2.60. The standard InChI is InChI=1S/C22H30N2O13P2/c1-2-3-4-8-13-33-38(29,30)37-39(31,32)34-14-16-18(26)19(36-21(27)15-9-6-5-7-10-15)20(35-16)24-12-11-17(25)23-22(24)28/h5-7,9-12,16,18-20,26H,2-4,8,13-14H2,1H3,(H,29,30)(H,31,32)(H,23,25,28)/t16-,18+,19?,20-/m1/s1. The summed E-state index contributed by atoms with van der Waals surface area (Å²) >= 11 is 0. The first-order chi connectivity index (χ1) is 18.4. The maximum atomic E-state index is 12.6. The number of aromatic amines is 1. The topological polar surface area (TPSA) is 213 Å². The Kier molecular flexibility index (Phi) is 11.0. The van der Waals surface area contributed by atoms with Crippen molar-refractivity contribution in [2.45, 2.75) is 57.1 Å². The van der Waals surface area contributed by atoms with Crippen molar-refractivity contribution < 1.29 is 51.6 Å². The smallest absolute Gasteiger partial charge is 0.451 e.